The van der Waals surface area contributed by atoms with Gasteiger partial charge >= 0.3 is 5.97 Å². The number of halogens is 1. The number of hydrogen-bond acceptors (Lipinski definition) is 10. The zero-order valence-electron chi connectivity index (χ0n) is 30.7. The van der Waals surface area contributed by atoms with Gasteiger partial charge in [0.1, 0.15) is 17.9 Å². The molecule has 3 heterocycles. The van der Waals surface area contributed by atoms with E-state index in [0.29, 0.717) is 28.9 Å². The highest BCUT2D eigenvalue weighted by Crippen LogP contribution is 2.74. The van der Waals surface area contributed by atoms with Crippen LogP contribution in [0, 0.1) is 24.7 Å². The number of carboxylic acids is 1. The number of nitrogens with one attached hydrogen (secondary N) is 2. The summed E-state index contributed by atoms with van der Waals surface area (Å²) >= 11 is 0. The summed E-state index contributed by atoms with van der Waals surface area (Å²) < 4.78 is 41.7. The van der Waals surface area contributed by atoms with Crippen molar-refractivity contribution >= 4 is 45.6 Å². The molecule has 3 fully saturated rings. The van der Waals surface area contributed by atoms with E-state index in [0.717, 1.165) is 40.6 Å². The first-order valence-corrected chi connectivity index (χ1v) is 18.9. The summed E-state index contributed by atoms with van der Waals surface area (Å²) in [5, 5.41) is 13.1. The van der Waals surface area contributed by atoms with Gasteiger partial charge in [-0.3, -0.25) is 0 Å². The number of aryl methyl sites for hydroxylation is 2. The Bertz CT molecular complexity index is 2260. The van der Waals surface area contributed by atoms with Gasteiger partial charge in [-0.2, -0.15) is 4.98 Å². The lowest BCUT2D eigenvalue weighted by molar-refractivity contribution is -0.199. The summed E-state index contributed by atoms with van der Waals surface area (Å²) in [6.45, 7) is 13.3. The number of carbonyl (C=O) groups is 1. The third-order valence-corrected chi connectivity index (χ3v) is 11.5. The molecule has 3 N–H and O–H groups in total. The Morgan fingerprint density at radius 1 is 1.02 bits per heavy atom. The van der Waals surface area contributed by atoms with Crippen LogP contribution in [0.4, 0.5) is 5.95 Å². The van der Waals surface area contributed by atoms with Crippen molar-refractivity contribution in [2.24, 2.45) is 10.8 Å². The number of nitrogens with zero attached hydrogens (tertiary/aromatic N) is 4. The Morgan fingerprint density at radius 3 is 2.38 bits per heavy atom. The minimum absolute atomic E-state index is 0. The monoisotopic (exact) mass is 760 g/mol. The van der Waals surface area contributed by atoms with Gasteiger partial charge in [0.25, 0.3) is 10.0 Å². The number of benzene rings is 2. The molecule has 0 unspecified atom stereocenters. The molecule has 53 heavy (non-hydrogen) atoms. The largest absolute Gasteiger partial charge is 0.478 e. The summed E-state index contributed by atoms with van der Waals surface area (Å²) in [5.74, 6) is -0.390. The minimum atomic E-state index is -4.24. The van der Waals surface area contributed by atoms with Crippen molar-refractivity contribution in [2.45, 2.75) is 90.1 Å². The maximum Gasteiger partial charge on any atom is 0.335 e. The van der Waals surface area contributed by atoms with Gasteiger partial charge in [0.15, 0.2) is 0 Å². The number of anilines is 1. The molecular formula is C39H45ClN6O6S. The van der Waals surface area contributed by atoms with E-state index in [1.807, 2.05) is 38.1 Å². The molecule has 3 saturated carbocycles. The first kappa shape index (κ1) is 38.1. The molecule has 0 radical (unpaired) electrons. The van der Waals surface area contributed by atoms with E-state index in [1.54, 1.807) is 12.3 Å². The summed E-state index contributed by atoms with van der Waals surface area (Å²) in [6, 6.07) is 14.6. The molecule has 2 bridgehead atoms. The average Bonchev–Trinajstić information content (AvgIpc) is 3.49. The number of rotatable bonds is 13. The first-order valence-electron chi connectivity index (χ1n) is 17.4. The topological polar surface area (TPSA) is 169 Å². The van der Waals surface area contributed by atoms with E-state index in [2.05, 4.69) is 52.7 Å². The summed E-state index contributed by atoms with van der Waals surface area (Å²) in [4.78, 5) is 29.8. The SMILES string of the molecule is Cc1cccc(C)c1-c1cc(OC[C@@H](CC23CC(C)(C2)C3)NCc2cnc3oc(C(C)(C)C)cc3n2)nc(NS(=O)(=O)c2cccc(C(=O)O)c2)n1.Cl. The van der Waals surface area contributed by atoms with Crippen LogP contribution < -0.4 is 14.8 Å². The van der Waals surface area contributed by atoms with E-state index in [1.165, 1.54) is 37.5 Å². The maximum atomic E-state index is 13.5. The Labute approximate surface area is 315 Å². The van der Waals surface area contributed by atoms with Gasteiger partial charge in [-0.15, -0.1) is 12.4 Å². The van der Waals surface area contributed by atoms with Gasteiger partial charge in [-0.25, -0.2) is 32.9 Å². The Balaban J connectivity index is 0.00000481. The molecule has 0 aliphatic heterocycles. The second-order valence-electron chi connectivity index (χ2n) is 16.0. The molecule has 8 rings (SSSR count). The molecule has 12 nitrogen and oxygen atoms in total. The van der Waals surface area contributed by atoms with Crippen LogP contribution in [-0.4, -0.2) is 52.1 Å². The second kappa shape index (κ2) is 14.0. The van der Waals surface area contributed by atoms with E-state index in [-0.39, 0.29) is 58.2 Å². The number of ether oxygens (including phenoxy) is 1. The average molecular weight is 761 g/mol. The zero-order valence-corrected chi connectivity index (χ0v) is 32.3. The minimum Gasteiger partial charge on any atom is -0.478 e. The summed E-state index contributed by atoms with van der Waals surface area (Å²) in [7, 11) is -4.24. The number of aromatic carboxylic acids is 1. The molecule has 3 aromatic heterocycles. The van der Waals surface area contributed by atoms with Crippen molar-refractivity contribution in [3.8, 4) is 17.1 Å². The molecule has 14 heteroatoms. The van der Waals surface area contributed by atoms with Gasteiger partial charge in [0.05, 0.1) is 28.0 Å². The van der Waals surface area contributed by atoms with Crippen LogP contribution >= 0.6 is 12.4 Å². The highest BCUT2D eigenvalue weighted by Gasteiger charge is 2.64. The van der Waals surface area contributed by atoms with Gasteiger partial charge in [0.2, 0.25) is 17.5 Å². The van der Waals surface area contributed by atoms with Gasteiger partial charge < -0.3 is 19.6 Å². The van der Waals surface area contributed by atoms with Crippen molar-refractivity contribution in [2.75, 3.05) is 11.3 Å². The van der Waals surface area contributed by atoms with Gasteiger partial charge in [-0.1, -0.05) is 52.0 Å². The Morgan fingerprint density at radius 2 is 1.72 bits per heavy atom. The fourth-order valence-electron chi connectivity index (χ4n) is 8.11. The van der Waals surface area contributed by atoms with E-state index in [4.69, 9.17) is 14.1 Å². The molecule has 1 atom stereocenters. The predicted octanol–water partition coefficient (Wildman–Crippen LogP) is 7.63. The maximum absolute atomic E-state index is 13.5. The first-order chi connectivity index (χ1) is 24.5. The van der Waals surface area contributed by atoms with Crippen LogP contribution in [0.5, 0.6) is 5.88 Å². The quantitative estimate of drug-likeness (QED) is 0.108. The number of carboxylic acid groups (broad SMARTS) is 1. The molecular weight excluding hydrogens is 716 g/mol. The molecule has 280 valence electrons. The Hall–Kier alpha value is -4.59. The van der Waals surface area contributed by atoms with Crippen molar-refractivity contribution < 1.29 is 27.5 Å². The van der Waals surface area contributed by atoms with Crippen LogP contribution in [0.1, 0.15) is 86.3 Å². The number of aromatic nitrogens is 4. The smallest absolute Gasteiger partial charge is 0.335 e. The summed E-state index contributed by atoms with van der Waals surface area (Å²) in [5.41, 5.74) is 5.65. The van der Waals surface area contributed by atoms with Crippen molar-refractivity contribution in [1.82, 2.24) is 25.3 Å². The number of furan rings is 1. The van der Waals surface area contributed by atoms with Crippen molar-refractivity contribution in [1.29, 1.82) is 0 Å². The lowest BCUT2D eigenvalue weighted by atomic mass is 9.35. The molecule has 2 aromatic carbocycles. The third kappa shape index (κ3) is 8.02. The van der Waals surface area contributed by atoms with Crippen molar-refractivity contribution in [3.05, 3.63) is 88.9 Å². The van der Waals surface area contributed by atoms with Crippen LogP contribution in [-0.2, 0) is 22.0 Å². The van der Waals surface area contributed by atoms with Crippen LogP contribution in [0.3, 0.4) is 0 Å². The van der Waals surface area contributed by atoms with E-state index < -0.39 is 16.0 Å². The Kier molecular flexibility index (Phi) is 10.1. The predicted molar refractivity (Wildman–Crippen MR) is 204 cm³/mol. The van der Waals surface area contributed by atoms with Gasteiger partial charge in [-0.05, 0) is 79.7 Å². The molecule has 5 aromatic rings. The molecule has 3 aliphatic carbocycles. The fraction of sp³-hybridized carbons (Fsp3) is 0.410. The zero-order chi connectivity index (χ0) is 37.1. The molecule has 0 saturated heterocycles. The standard InChI is InChI=1S/C39H44N6O6S.ClH/c1-23-9-7-10-24(2)33(23)29-15-32(44-36(43-29)45-52(48,49)28-12-8-11-25(13-28)35(46)47)50-19-26(16-39-20-38(6,21-39)22-39)40-17-27-18-41-34-30(42-27)14-31(51-34)37(3,4)5;/h7-15,18,26,40H,16-17,19-22H2,1-6H3,(H,46,47)(H,43,44,45);1H/t26-,38?,39?;/m1./s1. The van der Waals surface area contributed by atoms with Crippen molar-refractivity contribution in [3.63, 3.8) is 0 Å². The van der Waals surface area contributed by atoms with Gasteiger partial charge in [0, 0.05) is 35.7 Å². The normalized spacial score (nSPS) is 19.8. The lowest BCUT2D eigenvalue weighted by Gasteiger charge is -2.70. The lowest BCUT2D eigenvalue weighted by Crippen LogP contribution is -2.62. The number of hydrogen-bond donors (Lipinski definition) is 3. The summed E-state index contributed by atoms with van der Waals surface area (Å²) in [6.07, 6.45) is 6.21. The molecule has 0 spiro atoms. The van der Waals surface area contributed by atoms with Crippen LogP contribution in [0.25, 0.3) is 22.5 Å². The molecule has 0 amide bonds. The number of fused-ring (bicyclic) bond motifs is 1. The van der Waals surface area contributed by atoms with Crippen LogP contribution in [0.2, 0.25) is 0 Å². The van der Waals surface area contributed by atoms with E-state index >= 15 is 0 Å². The fourth-order valence-corrected chi connectivity index (χ4v) is 9.10. The second-order valence-corrected chi connectivity index (χ2v) is 17.6. The molecule has 3 aliphatic rings. The van der Waals surface area contributed by atoms with Crippen LogP contribution in [0.15, 0.2) is 70.1 Å². The number of sulfonamides is 1. The highest BCUT2D eigenvalue weighted by atomic mass is 35.5. The highest BCUT2D eigenvalue weighted by molar-refractivity contribution is 7.92. The third-order valence-electron chi connectivity index (χ3n) is 10.2. The van der Waals surface area contributed by atoms with E-state index in [9.17, 15) is 18.3 Å².